The van der Waals surface area contributed by atoms with Gasteiger partial charge in [0.2, 0.25) is 0 Å². The van der Waals surface area contributed by atoms with E-state index in [1.165, 1.54) is 11.6 Å². The molecule has 1 N–H and O–H groups in total. The molecule has 0 saturated heterocycles. The van der Waals surface area contributed by atoms with Crippen LogP contribution in [0.4, 0.5) is 5.69 Å². The van der Waals surface area contributed by atoms with Gasteiger partial charge in [-0.25, -0.2) is 0 Å². The van der Waals surface area contributed by atoms with Crippen LogP contribution in [0.15, 0.2) is 71.8 Å². The lowest BCUT2D eigenvalue weighted by Crippen LogP contribution is -2.18. The van der Waals surface area contributed by atoms with Gasteiger partial charge in [0.1, 0.15) is 5.69 Å². The molecule has 0 spiro atoms. The van der Waals surface area contributed by atoms with Gasteiger partial charge in [0, 0.05) is 37.3 Å². The lowest BCUT2D eigenvalue weighted by molar-refractivity contribution is 0.101. The van der Waals surface area contributed by atoms with Crippen LogP contribution in [-0.4, -0.2) is 39.8 Å². The Morgan fingerprint density at radius 1 is 1.06 bits per heavy atom. The highest BCUT2D eigenvalue weighted by Crippen LogP contribution is 2.24. The number of hydrogen-bond acceptors (Lipinski definition) is 5. The van der Waals surface area contributed by atoms with E-state index in [0.29, 0.717) is 41.3 Å². The highest BCUT2D eigenvalue weighted by Gasteiger charge is 2.24. The van der Waals surface area contributed by atoms with Crippen molar-refractivity contribution in [2.45, 2.75) is 13.5 Å². The fraction of sp³-hybridized carbons (Fsp3) is 0.167. The van der Waals surface area contributed by atoms with Crippen LogP contribution < -0.4 is 10.9 Å². The molecule has 4 rings (SSSR count). The van der Waals surface area contributed by atoms with E-state index in [-0.39, 0.29) is 16.9 Å². The lowest BCUT2D eigenvalue weighted by atomic mass is 10.1. The van der Waals surface area contributed by atoms with E-state index < -0.39 is 5.91 Å². The van der Waals surface area contributed by atoms with Gasteiger partial charge in [0.15, 0.2) is 5.78 Å². The van der Waals surface area contributed by atoms with Gasteiger partial charge in [0.25, 0.3) is 11.5 Å². The number of hydrogen-bond donors (Lipinski definition) is 1. The van der Waals surface area contributed by atoms with Crippen LogP contribution in [0.5, 0.6) is 0 Å². The van der Waals surface area contributed by atoms with Crippen molar-refractivity contribution >= 4 is 17.4 Å². The minimum absolute atomic E-state index is 0.0989. The van der Waals surface area contributed by atoms with Crippen molar-refractivity contribution in [2.24, 2.45) is 0 Å². The number of Topliss-reactive ketones (excluding diaryl/α,β-unsaturated/α-hetero) is 1. The summed E-state index contributed by atoms with van der Waals surface area (Å²) in [6.07, 6.45) is 3.32. The number of pyridine rings is 1. The fourth-order valence-corrected chi connectivity index (χ4v) is 3.41. The van der Waals surface area contributed by atoms with Gasteiger partial charge >= 0.3 is 0 Å². The first-order valence-electron chi connectivity index (χ1n) is 10.1. The molecule has 2 aliphatic heterocycles. The summed E-state index contributed by atoms with van der Waals surface area (Å²) in [5.41, 5.74) is 2.14. The fourth-order valence-electron chi connectivity index (χ4n) is 3.41. The van der Waals surface area contributed by atoms with Gasteiger partial charge in [-0.1, -0.05) is 30.3 Å². The number of carbonyl (C=O) groups excluding carboxylic acids is 2. The Balaban J connectivity index is 1.79. The molecule has 0 fully saturated rings. The first-order chi connectivity index (χ1) is 15.5. The standard InChI is InChI=1S/C24H22N4O4/c1-16(29)17-7-6-8-18(13-17)25-23(30)20-14-27(11-12-32-2)15-21-22(20)26-28(24(21)31)19-9-4-3-5-10-19/h3-10,13-15H,11-12H2,1-2H3,(H,25,30). The number of ketones is 1. The van der Waals surface area contributed by atoms with E-state index in [0.717, 1.165) is 0 Å². The number of nitrogens with one attached hydrogen (secondary N) is 1. The molecule has 0 aliphatic carbocycles. The predicted molar refractivity (Wildman–Crippen MR) is 121 cm³/mol. The van der Waals surface area contributed by atoms with Crippen LogP contribution in [-0.2, 0) is 11.3 Å². The van der Waals surface area contributed by atoms with Crippen LogP contribution in [0.3, 0.4) is 0 Å². The number of carbonyl (C=O) groups is 2. The van der Waals surface area contributed by atoms with Gasteiger partial charge in [-0.05, 0) is 31.2 Å². The summed E-state index contributed by atoms with van der Waals surface area (Å²) in [4.78, 5) is 38.0. The zero-order chi connectivity index (χ0) is 22.7. The number of rotatable bonds is 7. The molecular weight excluding hydrogens is 408 g/mol. The number of ether oxygens (including phenoxy) is 1. The summed E-state index contributed by atoms with van der Waals surface area (Å²) in [5, 5.41) is 7.27. The summed E-state index contributed by atoms with van der Waals surface area (Å²) in [6, 6.07) is 15.7. The van der Waals surface area contributed by atoms with E-state index in [4.69, 9.17) is 4.74 Å². The number of anilines is 1. The Morgan fingerprint density at radius 2 is 1.84 bits per heavy atom. The average molecular weight is 430 g/mol. The molecule has 0 aromatic heterocycles. The monoisotopic (exact) mass is 430 g/mol. The third kappa shape index (κ3) is 4.21. The maximum atomic E-state index is 13.2. The van der Waals surface area contributed by atoms with Crippen LogP contribution in [0.1, 0.15) is 27.6 Å². The van der Waals surface area contributed by atoms with Crippen LogP contribution >= 0.6 is 0 Å². The largest absolute Gasteiger partial charge is 0.383 e. The second-order valence-electron chi connectivity index (χ2n) is 7.31. The van der Waals surface area contributed by atoms with Crippen LogP contribution in [0, 0.1) is 0 Å². The second kappa shape index (κ2) is 8.99. The Bertz CT molecular complexity index is 1310. The first kappa shape index (κ1) is 21.2. The molecule has 0 unspecified atom stereocenters. The smallest absolute Gasteiger partial charge is 0.282 e. The highest BCUT2D eigenvalue weighted by molar-refractivity contribution is 6.08. The van der Waals surface area contributed by atoms with E-state index in [1.807, 2.05) is 18.2 Å². The minimum atomic E-state index is -0.430. The third-order valence-electron chi connectivity index (χ3n) is 5.05. The molecule has 32 heavy (non-hydrogen) atoms. The Kier molecular flexibility index (Phi) is 5.96. The maximum absolute atomic E-state index is 13.2. The quantitative estimate of drug-likeness (QED) is 0.454. The topological polar surface area (TPSA) is 95.2 Å². The van der Waals surface area contributed by atoms with E-state index in [1.54, 1.807) is 60.5 Å². The van der Waals surface area contributed by atoms with Gasteiger partial charge in [-0.15, -0.1) is 0 Å². The van der Waals surface area contributed by atoms with Gasteiger partial charge < -0.3 is 14.6 Å². The van der Waals surface area contributed by atoms with Crippen molar-refractivity contribution in [1.82, 2.24) is 14.3 Å². The average Bonchev–Trinajstić information content (AvgIpc) is 3.14. The Hall–Kier alpha value is -4.04. The van der Waals surface area contributed by atoms with Gasteiger partial charge in [-0.3, -0.25) is 14.4 Å². The predicted octanol–water partition coefficient (Wildman–Crippen LogP) is 3.24. The van der Waals surface area contributed by atoms with E-state index in [2.05, 4.69) is 10.4 Å². The summed E-state index contributed by atoms with van der Waals surface area (Å²) in [6.45, 7) is 2.34. The van der Waals surface area contributed by atoms with Crippen molar-refractivity contribution in [3.05, 3.63) is 88.5 Å². The molecule has 2 heterocycles. The number of benzene rings is 2. The Labute approximate surface area is 184 Å². The molecule has 2 aliphatic rings. The van der Waals surface area contributed by atoms with E-state index in [9.17, 15) is 14.4 Å². The summed E-state index contributed by atoms with van der Waals surface area (Å²) < 4.78 is 8.17. The van der Waals surface area contributed by atoms with Crippen LogP contribution in [0.2, 0.25) is 0 Å². The zero-order valence-electron chi connectivity index (χ0n) is 17.7. The number of nitrogens with zero attached hydrogens (tertiary/aromatic N) is 3. The molecule has 8 heteroatoms. The van der Waals surface area contributed by atoms with Crippen LogP contribution in [0.25, 0.3) is 16.9 Å². The molecule has 0 saturated carbocycles. The molecule has 8 nitrogen and oxygen atoms in total. The first-order valence-corrected chi connectivity index (χ1v) is 10.1. The summed E-state index contributed by atoms with van der Waals surface area (Å²) >= 11 is 0. The van der Waals surface area contributed by atoms with Crippen molar-refractivity contribution in [1.29, 1.82) is 0 Å². The van der Waals surface area contributed by atoms with Gasteiger partial charge in [0.05, 0.1) is 23.4 Å². The summed E-state index contributed by atoms with van der Waals surface area (Å²) in [7, 11) is 1.58. The second-order valence-corrected chi connectivity index (χ2v) is 7.31. The van der Waals surface area contributed by atoms with E-state index >= 15 is 0 Å². The molecule has 0 atom stereocenters. The number of aromatic nitrogens is 3. The number of methoxy groups -OCH3 is 1. The third-order valence-corrected chi connectivity index (χ3v) is 5.05. The molecule has 1 amide bonds. The normalized spacial score (nSPS) is 10.9. The Morgan fingerprint density at radius 3 is 2.56 bits per heavy atom. The molecule has 162 valence electrons. The van der Waals surface area contributed by atoms with Crippen molar-refractivity contribution in [2.75, 3.05) is 19.0 Å². The number of amides is 1. The van der Waals surface area contributed by atoms with Gasteiger partial charge in [-0.2, -0.15) is 9.78 Å². The van der Waals surface area contributed by atoms with Crippen molar-refractivity contribution < 1.29 is 14.3 Å². The number of para-hydroxylation sites is 1. The molecule has 0 bridgehead atoms. The molecule has 2 aromatic rings. The molecule has 0 radical (unpaired) electrons. The molecule has 2 aromatic carbocycles. The SMILES string of the molecule is COCCn1cc(C(=O)Nc2cccc(C(C)=O)c2)c2nn(-c3ccccc3)c(=O)c-2c1. The van der Waals surface area contributed by atoms with Crippen molar-refractivity contribution in [3.8, 4) is 16.9 Å². The lowest BCUT2D eigenvalue weighted by Gasteiger charge is -2.13. The summed E-state index contributed by atoms with van der Waals surface area (Å²) in [5.74, 6) is -0.529. The minimum Gasteiger partial charge on any atom is -0.383 e. The highest BCUT2D eigenvalue weighted by atomic mass is 16.5. The maximum Gasteiger partial charge on any atom is 0.282 e. The zero-order valence-corrected chi connectivity index (χ0v) is 17.7. The number of fused-ring (bicyclic) bond motifs is 1. The molecular formula is C24H22N4O4. The van der Waals surface area contributed by atoms with Crippen molar-refractivity contribution in [3.63, 3.8) is 0 Å².